The van der Waals surface area contributed by atoms with Crippen molar-refractivity contribution in [2.75, 3.05) is 13.6 Å². The maximum atomic E-state index is 12.8. The number of hydrogen-bond acceptors (Lipinski definition) is 6. The van der Waals surface area contributed by atoms with Gasteiger partial charge in [0.25, 0.3) is 5.91 Å². The van der Waals surface area contributed by atoms with Gasteiger partial charge in [-0.3, -0.25) is 9.59 Å². The number of carbonyl (C=O) groups is 2. The molecule has 2 aromatic carbocycles. The van der Waals surface area contributed by atoms with Crippen LogP contribution in [0.4, 0.5) is 0 Å². The molecule has 2 amide bonds. The summed E-state index contributed by atoms with van der Waals surface area (Å²) >= 11 is 0. The smallest absolute Gasteiger partial charge is 0.275 e. The predicted molar refractivity (Wildman–Crippen MR) is 136 cm³/mol. The van der Waals surface area contributed by atoms with E-state index in [-0.39, 0.29) is 30.2 Å². The summed E-state index contributed by atoms with van der Waals surface area (Å²) in [7, 11) is 1.68. The molecule has 37 heavy (non-hydrogen) atoms. The van der Waals surface area contributed by atoms with Gasteiger partial charge >= 0.3 is 0 Å². The van der Waals surface area contributed by atoms with Gasteiger partial charge in [0.2, 0.25) is 11.8 Å². The summed E-state index contributed by atoms with van der Waals surface area (Å²) in [6.45, 7) is 2.98. The van der Waals surface area contributed by atoms with Crippen LogP contribution in [0.2, 0.25) is 0 Å². The fraction of sp³-hybridized carbons (Fsp3) is 0.276. The van der Waals surface area contributed by atoms with E-state index in [2.05, 4.69) is 23.2 Å². The first-order valence-electron chi connectivity index (χ1n) is 12.4. The number of rotatable bonds is 8. The number of fused-ring (bicyclic) bond motifs is 1. The average Bonchev–Trinajstić information content (AvgIpc) is 3.63. The van der Waals surface area contributed by atoms with Gasteiger partial charge in [-0.25, -0.2) is 4.98 Å². The molecule has 2 aromatic heterocycles. The number of ether oxygens (including phenoxy) is 1. The third-order valence-electron chi connectivity index (χ3n) is 6.54. The van der Waals surface area contributed by atoms with E-state index in [1.807, 2.05) is 48.2 Å². The van der Waals surface area contributed by atoms with Crippen molar-refractivity contribution in [2.24, 2.45) is 0 Å². The molecule has 4 aromatic rings. The van der Waals surface area contributed by atoms with Crippen LogP contribution in [0.1, 0.15) is 58.2 Å². The normalized spacial score (nSPS) is 14.8. The molecule has 3 heterocycles. The maximum absolute atomic E-state index is 12.8. The second-order valence-corrected chi connectivity index (χ2v) is 9.02. The number of amides is 2. The molecule has 0 radical (unpaired) electrons. The Labute approximate surface area is 215 Å². The number of benzene rings is 2. The molecule has 8 nitrogen and oxygen atoms in total. The summed E-state index contributed by atoms with van der Waals surface area (Å²) < 4.78 is 16.8. The fourth-order valence-electron chi connectivity index (χ4n) is 4.67. The van der Waals surface area contributed by atoms with Gasteiger partial charge in [-0.15, -0.1) is 0 Å². The molecule has 0 spiro atoms. The maximum Gasteiger partial charge on any atom is 0.275 e. The zero-order valence-electron chi connectivity index (χ0n) is 20.9. The van der Waals surface area contributed by atoms with Crippen LogP contribution in [0, 0.1) is 0 Å². The van der Waals surface area contributed by atoms with Gasteiger partial charge in [-0.05, 0) is 47.4 Å². The van der Waals surface area contributed by atoms with Crippen molar-refractivity contribution in [3.8, 4) is 5.75 Å². The van der Waals surface area contributed by atoms with Crippen molar-refractivity contribution in [1.82, 2.24) is 14.8 Å². The second-order valence-electron chi connectivity index (χ2n) is 9.02. The van der Waals surface area contributed by atoms with E-state index in [4.69, 9.17) is 13.6 Å². The zero-order chi connectivity index (χ0) is 25.8. The molecule has 1 unspecified atom stereocenters. The Bertz CT molecular complexity index is 1360. The molecule has 0 fully saturated rings. The minimum atomic E-state index is -0.272. The van der Waals surface area contributed by atoms with E-state index in [1.165, 1.54) is 16.7 Å². The topological polar surface area (TPSA) is 89.0 Å². The Morgan fingerprint density at radius 3 is 2.70 bits per heavy atom. The summed E-state index contributed by atoms with van der Waals surface area (Å²) in [6.07, 6.45) is 4.16. The fourth-order valence-corrected chi connectivity index (χ4v) is 4.67. The number of hydrogen-bond donors (Lipinski definition) is 0. The van der Waals surface area contributed by atoms with Crippen molar-refractivity contribution in [3.63, 3.8) is 0 Å². The Morgan fingerprint density at radius 1 is 1.11 bits per heavy atom. The average molecular weight is 500 g/mol. The SMILES string of the molecule is CCC(=O)N1CCc2ccc(OCc3nc(C(=O)N(C)Cc4ccco4)co3)cc2C1c1ccccc1. The molecule has 0 bridgehead atoms. The summed E-state index contributed by atoms with van der Waals surface area (Å²) in [6, 6.07) is 19.5. The highest BCUT2D eigenvalue weighted by molar-refractivity contribution is 5.91. The predicted octanol–water partition coefficient (Wildman–Crippen LogP) is 5.00. The van der Waals surface area contributed by atoms with Crippen molar-refractivity contribution in [2.45, 2.75) is 39.0 Å². The lowest BCUT2D eigenvalue weighted by atomic mass is 9.87. The molecule has 0 saturated heterocycles. The number of carbonyl (C=O) groups excluding carboxylic acids is 2. The molecule has 0 N–H and O–H groups in total. The van der Waals surface area contributed by atoms with Crippen LogP contribution in [-0.2, 0) is 24.4 Å². The first-order valence-corrected chi connectivity index (χ1v) is 12.4. The van der Waals surface area contributed by atoms with Gasteiger partial charge in [-0.2, -0.15) is 0 Å². The lowest BCUT2D eigenvalue weighted by molar-refractivity contribution is -0.132. The highest BCUT2D eigenvalue weighted by Gasteiger charge is 2.31. The van der Waals surface area contributed by atoms with E-state index in [1.54, 1.807) is 19.4 Å². The van der Waals surface area contributed by atoms with E-state index < -0.39 is 0 Å². The number of oxazole rings is 1. The first kappa shape index (κ1) is 24.4. The minimum Gasteiger partial charge on any atom is -0.484 e. The Morgan fingerprint density at radius 2 is 1.95 bits per heavy atom. The third-order valence-corrected chi connectivity index (χ3v) is 6.54. The van der Waals surface area contributed by atoms with Crippen LogP contribution < -0.4 is 4.74 Å². The lowest BCUT2D eigenvalue weighted by Gasteiger charge is -2.38. The monoisotopic (exact) mass is 499 g/mol. The van der Waals surface area contributed by atoms with Crippen molar-refractivity contribution >= 4 is 11.8 Å². The molecule has 0 saturated carbocycles. The zero-order valence-corrected chi connectivity index (χ0v) is 20.9. The third kappa shape index (κ3) is 5.28. The Kier molecular flexibility index (Phi) is 7.07. The quantitative estimate of drug-likeness (QED) is 0.339. The highest BCUT2D eigenvalue weighted by Crippen LogP contribution is 2.37. The molecular formula is C29H29N3O5. The van der Waals surface area contributed by atoms with E-state index in [9.17, 15) is 9.59 Å². The molecule has 0 aliphatic carbocycles. The van der Waals surface area contributed by atoms with E-state index >= 15 is 0 Å². The van der Waals surface area contributed by atoms with Crippen molar-refractivity contribution in [3.05, 3.63) is 107 Å². The van der Waals surface area contributed by atoms with Crippen LogP contribution in [0.3, 0.4) is 0 Å². The van der Waals surface area contributed by atoms with Gasteiger partial charge in [-0.1, -0.05) is 43.3 Å². The van der Waals surface area contributed by atoms with Crippen molar-refractivity contribution in [1.29, 1.82) is 0 Å². The van der Waals surface area contributed by atoms with Gasteiger partial charge < -0.3 is 23.4 Å². The summed E-state index contributed by atoms with van der Waals surface area (Å²) in [5.74, 6) is 1.48. The molecular weight excluding hydrogens is 470 g/mol. The largest absolute Gasteiger partial charge is 0.484 e. The minimum absolute atomic E-state index is 0.0710. The van der Waals surface area contributed by atoms with E-state index in [0.717, 1.165) is 17.5 Å². The highest BCUT2D eigenvalue weighted by atomic mass is 16.5. The van der Waals surface area contributed by atoms with Gasteiger partial charge in [0.1, 0.15) is 17.8 Å². The molecule has 1 aliphatic rings. The Balaban J connectivity index is 1.31. The molecule has 1 atom stereocenters. The van der Waals surface area contributed by atoms with Gasteiger partial charge in [0.15, 0.2) is 12.3 Å². The summed E-state index contributed by atoms with van der Waals surface area (Å²) in [5, 5.41) is 0. The first-order chi connectivity index (χ1) is 18.0. The molecule has 5 rings (SSSR count). The van der Waals surface area contributed by atoms with Crippen molar-refractivity contribution < 1.29 is 23.2 Å². The summed E-state index contributed by atoms with van der Waals surface area (Å²) in [5.41, 5.74) is 3.53. The van der Waals surface area contributed by atoms with Crippen LogP contribution in [0.5, 0.6) is 5.75 Å². The van der Waals surface area contributed by atoms with Crippen LogP contribution in [0.25, 0.3) is 0 Å². The number of nitrogens with zero attached hydrogens (tertiary/aromatic N) is 3. The number of furan rings is 1. The van der Waals surface area contributed by atoms with Crippen LogP contribution >= 0.6 is 0 Å². The second kappa shape index (κ2) is 10.7. The standard InChI is InChI=1S/C29H29N3O5/c1-3-27(33)32-14-13-20-11-12-22(16-24(20)28(32)21-8-5-4-6-9-21)36-19-26-30-25(18-37-26)29(34)31(2)17-23-10-7-15-35-23/h4-12,15-16,18,28H,3,13-14,17,19H2,1-2H3. The molecule has 1 aliphatic heterocycles. The molecule has 190 valence electrons. The molecule has 8 heteroatoms. The van der Waals surface area contributed by atoms with Crippen LogP contribution in [-0.4, -0.2) is 40.2 Å². The lowest BCUT2D eigenvalue weighted by Crippen LogP contribution is -2.40. The van der Waals surface area contributed by atoms with Gasteiger partial charge in [0, 0.05) is 20.0 Å². The van der Waals surface area contributed by atoms with Crippen LogP contribution in [0.15, 0.2) is 82.0 Å². The van der Waals surface area contributed by atoms with E-state index in [0.29, 0.717) is 36.9 Å². The summed E-state index contributed by atoms with van der Waals surface area (Å²) in [4.78, 5) is 33.2. The van der Waals surface area contributed by atoms with Gasteiger partial charge in [0.05, 0.1) is 18.8 Å². The number of aromatic nitrogens is 1. The Hall–Kier alpha value is -4.33.